The van der Waals surface area contributed by atoms with Crippen LogP contribution in [0.15, 0.2) is 24.3 Å². The van der Waals surface area contributed by atoms with Crippen LogP contribution in [-0.4, -0.2) is 25.1 Å². The lowest BCUT2D eigenvalue weighted by Crippen LogP contribution is -2.25. The number of ether oxygens (including phenoxy) is 2. The third-order valence-corrected chi connectivity index (χ3v) is 3.19. The molecule has 1 aromatic carbocycles. The fourth-order valence-electron chi connectivity index (χ4n) is 2.21. The van der Waals surface area contributed by atoms with Gasteiger partial charge in [-0.2, -0.15) is 5.26 Å². The van der Waals surface area contributed by atoms with E-state index in [0.717, 1.165) is 12.2 Å². The molecule has 1 fully saturated rings. The quantitative estimate of drug-likeness (QED) is 0.815. The van der Waals surface area contributed by atoms with Gasteiger partial charge in [0.2, 0.25) is 0 Å². The number of nitrogens with zero attached hydrogens (tertiary/aromatic N) is 1. The SMILES string of the molecule is CCOc1ccc(C(C#N)C(=O)C2CCCO2)cc1. The van der Waals surface area contributed by atoms with E-state index in [0.29, 0.717) is 25.2 Å². The molecule has 0 amide bonds. The Balaban J connectivity index is 2.12. The third kappa shape index (κ3) is 3.12. The van der Waals surface area contributed by atoms with E-state index in [1.54, 1.807) is 24.3 Å². The maximum absolute atomic E-state index is 12.2. The zero-order valence-corrected chi connectivity index (χ0v) is 11.0. The van der Waals surface area contributed by atoms with Crippen LogP contribution in [0.4, 0.5) is 0 Å². The van der Waals surface area contributed by atoms with Gasteiger partial charge in [0, 0.05) is 6.61 Å². The van der Waals surface area contributed by atoms with Crippen LogP contribution in [0, 0.1) is 11.3 Å². The number of hydrogen-bond donors (Lipinski definition) is 0. The molecule has 1 saturated heterocycles. The van der Waals surface area contributed by atoms with Crippen molar-refractivity contribution in [2.75, 3.05) is 13.2 Å². The van der Waals surface area contributed by atoms with Crippen LogP contribution in [0.2, 0.25) is 0 Å². The fourth-order valence-corrected chi connectivity index (χ4v) is 2.21. The van der Waals surface area contributed by atoms with Crippen molar-refractivity contribution in [2.45, 2.75) is 31.8 Å². The normalized spacial score (nSPS) is 19.7. The average Bonchev–Trinajstić information content (AvgIpc) is 2.96. The van der Waals surface area contributed by atoms with Gasteiger partial charge in [-0.3, -0.25) is 4.79 Å². The molecule has 0 bridgehead atoms. The predicted molar refractivity (Wildman–Crippen MR) is 69.9 cm³/mol. The number of rotatable bonds is 5. The average molecular weight is 259 g/mol. The number of Topliss-reactive ketones (excluding diaryl/α,β-unsaturated/α-hetero) is 1. The van der Waals surface area contributed by atoms with Crippen LogP contribution in [0.25, 0.3) is 0 Å². The second-order valence-corrected chi connectivity index (χ2v) is 4.47. The van der Waals surface area contributed by atoms with Gasteiger partial charge in [-0.05, 0) is 37.5 Å². The number of benzene rings is 1. The van der Waals surface area contributed by atoms with E-state index in [1.807, 2.05) is 6.92 Å². The third-order valence-electron chi connectivity index (χ3n) is 3.19. The van der Waals surface area contributed by atoms with Crippen molar-refractivity contribution in [3.63, 3.8) is 0 Å². The largest absolute Gasteiger partial charge is 0.494 e. The molecule has 2 atom stereocenters. The van der Waals surface area contributed by atoms with Gasteiger partial charge in [0.15, 0.2) is 5.78 Å². The lowest BCUT2D eigenvalue weighted by atomic mass is 9.92. The van der Waals surface area contributed by atoms with Crippen molar-refractivity contribution in [1.82, 2.24) is 0 Å². The van der Waals surface area contributed by atoms with Crippen LogP contribution in [-0.2, 0) is 9.53 Å². The molecule has 0 spiro atoms. The minimum absolute atomic E-state index is 0.135. The Hall–Kier alpha value is -1.86. The highest BCUT2D eigenvalue weighted by Crippen LogP contribution is 2.25. The second-order valence-electron chi connectivity index (χ2n) is 4.47. The van der Waals surface area contributed by atoms with E-state index >= 15 is 0 Å². The molecule has 2 unspecified atom stereocenters. The predicted octanol–water partition coefficient (Wildman–Crippen LogP) is 2.44. The first-order chi connectivity index (χ1) is 9.26. The minimum atomic E-state index is -0.751. The molecule has 4 nitrogen and oxygen atoms in total. The molecule has 0 saturated carbocycles. The van der Waals surface area contributed by atoms with Gasteiger partial charge in [0.05, 0.1) is 12.7 Å². The number of carbonyl (C=O) groups excluding carboxylic acids is 1. The van der Waals surface area contributed by atoms with Crippen molar-refractivity contribution in [3.05, 3.63) is 29.8 Å². The van der Waals surface area contributed by atoms with Gasteiger partial charge < -0.3 is 9.47 Å². The molecule has 1 aliphatic rings. The lowest BCUT2D eigenvalue weighted by Gasteiger charge is -2.13. The summed E-state index contributed by atoms with van der Waals surface area (Å²) in [6, 6.07) is 9.18. The van der Waals surface area contributed by atoms with Crippen LogP contribution >= 0.6 is 0 Å². The molecule has 1 aromatic rings. The molecule has 100 valence electrons. The molecule has 4 heteroatoms. The van der Waals surface area contributed by atoms with Crippen molar-refractivity contribution in [2.24, 2.45) is 0 Å². The Kier molecular flexibility index (Phi) is 4.53. The molecule has 0 N–H and O–H groups in total. The molecule has 0 aliphatic carbocycles. The molecule has 1 heterocycles. The zero-order valence-electron chi connectivity index (χ0n) is 11.0. The van der Waals surface area contributed by atoms with E-state index < -0.39 is 12.0 Å². The van der Waals surface area contributed by atoms with Crippen molar-refractivity contribution >= 4 is 5.78 Å². The molecule has 2 rings (SSSR count). The van der Waals surface area contributed by atoms with E-state index in [1.165, 1.54) is 0 Å². The first-order valence-corrected chi connectivity index (χ1v) is 6.54. The van der Waals surface area contributed by atoms with Crippen LogP contribution in [0.3, 0.4) is 0 Å². The molecule has 19 heavy (non-hydrogen) atoms. The summed E-state index contributed by atoms with van der Waals surface area (Å²) in [7, 11) is 0. The maximum atomic E-state index is 12.2. The van der Waals surface area contributed by atoms with Crippen LogP contribution < -0.4 is 4.74 Å². The van der Waals surface area contributed by atoms with E-state index in [2.05, 4.69) is 6.07 Å². The summed E-state index contributed by atoms with van der Waals surface area (Å²) in [5, 5.41) is 9.23. The highest BCUT2D eigenvalue weighted by Gasteiger charge is 2.31. The summed E-state index contributed by atoms with van der Waals surface area (Å²) >= 11 is 0. The van der Waals surface area contributed by atoms with Gasteiger partial charge in [-0.15, -0.1) is 0 Å². The van der Waals surface area contributed by atoms with Crippen LogP contribution in [0.1, 0.15) is 31.2 Å². The summed E-state index contributed by atoms with van der Waals surface area (Å²) in [6.07, 6.45) is 1.18. The summed E-state index contributed by atoms with van der Waals surface area (Å²) < 4.78 is 10.7. The first kappa shape index (κ1) is 13.6. The Bertz CT molecular complexity index is 469. The lowest BCUT2D eigenvalue weighted by molar-refractivity contribution is -0.128. The number of nitriles is 1. The van der Waals surface area contributed by atoms with Gasteiger partial charge in [-0.25, -0.2) is 0 Å². The fraction of sp³-hybridized carbons (Fsp3) is 0.467. The molecule has 0 aromatic heterocycles. The minimum Gasteiger partial charge on any atom is -0.494 e. The van der Waals surface area contributed by atoms with E-state index in [9.17, 15) is 10.1 Å². The number of hydrogen-bond acceptors (Lipinski definition) is 4. The second kappa shape index (κ2) is 6.35. The van der Waals surface area contributed by atoms with Gasteiger partial charge >= 0.3 is 0 Å². The van der Waals surface area contributed by atoms with Gasteiger partial charge in [0.25, 0.3) is 0 Å². The summed E-state index contributed by atoms with van der Waals surface area (Å²) in [5.74, 6) is -0.143. The first-order valence-electron chi connectivity index (χ1n) is 6.54. The monoisotopic (exact) mass is 259 g/mol. The summed E-state index contributed by atoms with van der Waals surface area (Å²) in [5.41, 5.74) is 0.700. The van der Waals surface area contributed by atoms with Crippen molar-refractivity contribution in [1.29, 1.82) is 5.26 Å². The van der Waals surface area contributed by atoms with Gasteiger partial charge in [0.1, 0.15) is 17.8 Å². The smallest absolute Gasteiger partial charge is 0.183 e. The standard InChI is InChI=1S/C15H17NO3/c1-2-18-12-7-5-11(6-8-12)13(10-16)15(17)14-4-3-9-19-14/h5-8,13-14H,2-4,9H2,1H3. The van der Waals surface area contributed by atoms with Crippen molar-refractivity contribution in [3.8, 4) is 11.8 Å². The number of ketones is 1. The Morgan fingerprint density at radius 1 is 1.53 bits per heavy atom. The Morgan fingerprint density at radius 2 is 2.26 bits per heavy atom. The van der Waals surface area contributed by atoms with Crippen LogP contribution in [0.5, 0.6) is 5.75 Å². The van der Waals surface area contributed by atoms with Crippen molar-refractivity contribution < 1.29 is 14.3 Å². The molecular weight excluding hydrogens is 242 g/mol. The topological polar surface area (TPSA) is 59.3 Å². The highest BCUT2D eigenvalue weighted by molar-refractivity contribution is 5.92. The zero-order chi connectivity index (χ0) is 13.7. The summed E-state index contributed by atoms with van der Waals surface area (Å²) in [6.45, 7) is 3.11. The Morgan fingerprint density at radius 3 is 2.79 bits per heavy atom. The number of carbonyl (C=O) groups is 1. The van der Waals surface area contributed by atoms with E-state index in [4.69, 9.17) is 9.47 Å². The molecular formula is C15H17NO3. The Labute approximate surface area is 112 Å². The van der Waals surface area contributed by atoms with E-state index in [-0.39, 0.29) is 5.78 Å². The van der Waals surface area contributed by atoms with Gasteiger partial charge in [-0.1, -0.05) is 12.1 Å². The summed E-state index contributed by atoms with van der Waals surface area (Å²) in [4.78, 5) is 12.2. The maximum Gasteiger partial charge on any atom is 0.183 e. The highest BCUT2D eigenvalue weighted by atomic mass is 16.5. The molecule has 1 aliphatic heterocycles. The molecule has 0 radical (unpaired) electrons.